The van der Waals surface area contributed by atoms with E-state index in [9.17, 15) is 9.59 Å². The molecule has 2 saturated heterocycles. The van der Waals surface area contributed by atoms with Crippen LogP contribution in [0.2, 0.25) is 0 Å². The van der Waals surface area contributed by atoms with Crippen molar-refractivity contribution >= 4 is 44.1 Å². The average molecular weight is 479 g/mol. The number of piperazine rings is 1. The maximum atomic E-state index is 13.4. The fourth-order valence-electron chi connectivity index (χ4n) is 4.86. The van der Waals surface area contributed by atoms with Crippen LogP contribution in [0.1, 0.15) is 30.1 Å². The molecule has 0 radical (unpaired) electrons. The number of ketones is 1. The van der Waals surface area contributed by atoms with Crippen molar-refractivity contribution in [2.75, 3.05) is 56.2 Å². The average Bonchev–Trinajstić information content (AvgIpc) is 3.32. The Bertz CT molecular complexity index is 1180. The molecule has 1 atom stereocenters. The van der Waals surface area contributed by atoms with Crippen molar-refractivity contribution in [2.24, 2.45) is 5.92 Å². The standard InChI is InChI=1S/C26H30N4O3S/c1-18(31)19-5-7-21(8-6-19)28-12-14-29(15-13-28)25(32)20-4-3-11-30(17-20)26-27-23-10-9-22(33-2)16-24(23)34-26/h5-10,16,20H,3-4,11-15,17H2,1-2H3. The number of fused-ring (bicyclic) bond motifs is 1. The summed E-state index contributed by atoms with van der Waals surface area (Å²) in [6.45, 7) is 6.31. The Morgan fingerprint density at radius 2 is 1.76 bits per heavy atom. The second-order valence-corrected chi connectivity index (χ2v) is 10.0. The van der Waals surface area contributed by atoms with Gasteiger partial charge in [0.25, 0.3) is 0 Å². The molecule has 1 amide bonds. The highest BCUT2D eigenvalue weighted by Crippen LogP contribution is 2.34. The Morgan fingerprint density at radius 1 is 1.00 bits per heavy atom. The monoisotopic (exact) mass is 478 g/mol. The molecule has 34 heavy (non-hydrogen) atoms. The van der Waals surface area contributed by atoms with E-state index in [0.717, 1.165) is 84.5 Å². The summed E-state index contributed by atoms with van der Waals surface area (Å²) in [5.74, 6) is 1.19. The molecule has 3 aromatic rings. The van der Waals surface area contributed by atoms with Gasteiger partial charge in [-0.3, -0.25) is 9.59 Å². The van der Waals surface area contributed by atoms with Gasteiger partial charge in [-0.05, 0) is 62.2 Å². The van der Waals surface area contributed by atoms with Gasteiger partial charge in [-0.25, -0.2) is 4.98 Å². The van der Waals surface area contributed by atoms with Crippen LogP contribution in [-0.4, -0.2) is 68.0 Å². The number of Topliss-reactive ketones (excluding diaryl/α,β-unsaturated/α-hetero) is 1. The second-order valence-electron chi connectivity index (χ2n) is 9.03. The number of carbonyl (C=O) groups is 2. The number of hydrogen-bond acceptors (Lipinski definition) is 7. The van der Waals surface area contributed by atoms with E-state index in [1.807, 2.05) is 47.4 Å². The Labute approximate surface area is 203 Å². The molecule has 178 valence electrons. The van der Waals surface area contributed by atoms with E-state index in [-0.39, 0.29) is 17.6 Å². The van der Waals surface area contributed by atoms with Gasteiger partial charge in [-0.1, -0.05) is 11.3 Å². The number of piperidine rings is 1. The summed E-state index contributed by atoms with van der Waals surface area (Å²) in [6, 6.07) is 13.7. The number of carbonyl (C=O) groups excluding carboxylic acids is 2. The van der Waals surface area contributed by atoms with Gasteiger partial charge in [0.2, 0.25) is 5.91 Å². The van der Waals surface area contributed by atoms with Crippen molar-refractivity contribution in [2.45, 2.75) is 19.8 Å². The first kappa shape index (κ1) is 22.7. The predicted molar refractivity (Wildman–Crippen MR) is 136 cm³/mol. The molecule has 0 bridgehead atoms. The fourth-order valence-corrected chi connectivity index (χ4v) is 5.89. The molecule has 5 rings (SSSR count). The molecular formula is C26H30N4O3S. The number of rotatable bonds is 5. The lowest BCUT2D eigenvalue weighted by atomic mass is 9.96. The van der Waals surface area contributed by atoms with Gasteiger partial charge in [0.05, 0.1) is 23.2 Å². The Balaban J connectivity index is 1.20. The third-order valence-electron chi connectivity index (χ3n) is 6.86. The molecule has 0 saturated carbocycles. The van der Waals surface area contributed by atoms with Crippen LogP contribution in [0.5, 0.6) is 5.75 Å². The van der Waals surface area contributed by atoms with Crippen molar-refractivity contribution in [1.29, 1.82) is 0 Å². The van der Waals surface area contributed by atoms with Gasteiger partial charge >= 0.3 is 0 Å². The van der Waals surface area contributed by atoms with Crippen molar-refractivity contribution in [1.82, 2.24) is 9.88 Å². The molecule has 2 fully saturated rings. The van der Waals surface area contributed by atoms with Gasteiger partial charge < -0.3 is 19.4 Å². The molecule has 3 heterocycles. The Hall–Kier alpha value is -3.13. The number of methoxy groups -OCH3 is 1. The molecule has 2 aromatic carbocycles. The Kier molecular flexibility index (Phi) is 6.41. The number of ether oxygens (including phenoxy) is 1. The van der Waals surface area contributed by atoms with E-state index in [4.69, 9.17) is 9.72 Å². The highest BCUT2D eigenvalue weighted by atomic mass is 32.1. The quantitative estimate of drug-likeness (QED) is 0.515. The first-order valence-corrected chi connectivity index (χ1v) is 12.7. The smallest absolute Gasteiger partial charge is 0.227 e. The SMILES string of the molecule is COc1ccc2nc(N3CCCC(C(=O)N4CCN(c5ccc(C(C)=O)cc5)CC4)C3)sc2c1. The van der Waals surface area contributed by atoms with Gasteiger partial charge in [0.1, 0.15) is 5.75 Å². The van der Waals surface area contributed by atoms with E-state index in [1.54, 1.807) is 25.4 Å². The summed E-state index contributed by atoms with van der Waals surface area (Å²) in [7, 11) is 1.67. The Morgan fingerprint density at radius 3 is 2.47 bits per heavy atom. The predicted octanol–water partition coefficient (Wildman–Crippen LogP) is 4.07. The molecule has 8 heteroatoms. The lowest BCUT2D eigenvalue weighted by Crippen LogP contribution is -2.52. The zero-order chi connectivity index (χ0) is 23.7. The molecule has 0 spiro atoms. The van der Waals surface area contributed by atoms with Crippen LogP contribution in [0.25, 0.3) is 10.2 Å². The van der Waals surface area contributed by atoms with Gasteiger partial charge in [0, 0.05) is 50.5 Å². The zero-order valence-electron chi connectivity index (χ0n) is 19.7. The summed E-state index contributed by atoms with van der Waals surface area (Å²) < 4.78 is 6.45. The van der Waals surface area contributed by atoms with Crippen LogP contribution in [0.3, 0.4) is 0 Å². The van der Waals surface area contributed by atoms with Crippen molar-refractivity contribution < 1.29 is 14.3 Å². The lowest BCUT2D eigenvalue weighted by Gasteiger charge is -2.39. The summed E-state index contributed by atoms with van der Waals surface area (Å²) in [5, 5.41) is 0.986. The van der Waals surface area contributed by atoms with E-state index in [1.165, 1.54) is 0 Å². The minimum atomic E-state index is 0.0108. The van der Waals surface area contributed by atoms with E-state index < -0.39 is 0 Å². The number of benzene rings is 2. The maximum Gasteiger partial charge on any atom is 0.227 e. The van der Waals surface area contributed by atoms with Crippen LogP contribution in [0.4, 0.5) is 10.8 Å². The van der Waals surface area contributed by atoms with E-state index >= 15 is 0 Å². The minimum absolute atomic E-state index is 0.0108. The number of nitrogens with zero attached hydrogens (tertiary/aromatic N) is 4. The fraction of sp³-hybridized carbons (Fsp3) is 0.423. The molecular weight excluding hydrogens is 448 g/mol. The summed E-state index contributed by atoms with van der Waals surface area (Å²) in [6.07, 6.45) is 1.93. The molecule has 1 unspecified atom stereocenters. The van der Waals surface area contributed by atoms with E-state index in [0.29, 0.717) is 0 Å². The van der Waals surface area contributed by atoms with Crippen LogP contribution in [0, 0.1) is 5.92 Å². The van der Waals surface area contributed by atoms with Gasteiger partial charge in [-0.2, -0.15) is 0 Å². The number of amides is 1. The summed E-state index contributed by atoms with van der Waals surface area (Å²) in [5.41, 5.74) is 2.81. The number of anilines is 2. The van der Waals surface area contributed by atoms with Gasteiger partial charge in [-0.15, -0.1) is 0 Å². The largest absolute Gasteiger partial charge is 0.497 e. The zero-order valence-corrected chi connectivity index (χ0v) is 20.5. The molecule has 2 aliphatic rings. The van der Waals surface area contributed by atoms with Crippen molar-refractivity contribution in [3.05, 3.63) is 48.0 Å². The van der Waals surface area contributed by atoms with E-state index in [2.05, 4.69) is 9.80 Å². The molecule has 0 aliphatic carbocycles. The highest BCUT2D eigenvalue weighted by Gasteiger charge is 2.32. The minimum Gasteiger partial charge on any atom is -0.497 e. The maximum absolute atomic E-state index is 13.4. The first-order chi connectivity index (χ1) is 16.5. The van der Waals surface area contributed by atoms with Gasteiger partial charge in [0.15, 0.2) is 10.9 Å². The number of thiazole rings is 1. The van der Waals surface area contributed by atoms with Crippen molar-refractivity contribution in [3.8, 4) is 5.75 Å². The molecule has 1 aromatic heterocycles. The van der Waals surface area contributed by atoms with Crippen LogP contribution in [0.15, 0.2) is 42.5 Å². The normalized spacial score (nSPS) is 18.9. The summed E-state index contributed by atoms with van der Waals surface area (Å²) >= 11 is 1.67. The molecule has 7 nitrogen and oxygen atoms in total. The summed E-state index contributed by atoms with van der Waals surface area (Å²) in [4.78, 5) is 36.3. The molecule has 2 aliphatic heterocycles. The first-order valence-electron chi connectivity index (χ1n) is 11.9. The topological polar surface area (TPSA) is 66.0 Å². The number of aromatic nitrogens is 1. The third kappa shape index (κ3) is 4.59. The second kappa shape index (κ2) is 9.62. The molecule has 0 N–H and O–H groups in total. The van der Waals surface area contributed by atoms with Crippen LogP contribution in [-0.2, 0) is 4.79 Å². The third-order valence-corrected chi connectivity index (χ3v) is 7.93. The van der Waals surface area contributed by atoms with Crippen LogP contribution >= 0.6 is 11.3 Å². The van der Waals surface area contributed by atoms with Crippen LogP contribution < -0.4 is 14.5 Å². The highest BCUT2D eigenvalue weighted by molar-refractivity contribution is 7.22. The lowest BCUT2D eigenvalue weighted by molar-refractivity contribution is -0.136. The number of hydrogen-bond donors (Lipinski definition) is 0. The van der Waals surface area contributed by atoms with Crippen molar-refractivity contribution in [3.63, 3.8) is 0 Å².